The van der Waals surface area contributed by atoms with Crippen molar-refractivity contribution in [3.8, 4) is 11.8 Å². The molecule has 1 aromatic rings. The van der Waals surface area contributed by atoms with Gasteiger partial charge in [-0.3, -0.25) is 0 Å². The Balaban J connectivity index is 1.91. The van der Waals surface area contributed by atoms with E-state index in [-0.39, 0.29) is 12.6 Å². The third-order valence-electron chi connectivity index (χ3n) is 3.55. The summed E-state index contributed by atoms with van der Waals surface area (Å²) in [5.41, 5.74) is 1.67. The molecular formula is C17H22N2O2. The number of nitrogens with zero attached hydrogens (tertiary/aromatic N) is 1. The number of piperidine rings is 1. The van der Waals surface area contributed by atoms with Crippen molar-refractivity contribution in [3.63, 3.8) is 0 Å². The lowest BCUT2D eigenvalue weighted by atomic mass is 10.0. The Labute approximate surface area is 126 Å². The number of carbonyl (C=O) groups is 1. The molecule has 1 aromatic carbocycles. The summed E-state index contributed by atoms with van der Waals surface area (Å²) in [6.45, 7) is 3.92. The van der Waals surface area contributed by atoms with Crippen LogP contribution in [0.25, 0.3) is 0 Å². The third kappa shape index (κ3) is 4.80. The van der Waals surface area contributed by atoms with Crippen LogP contribution in [0, 0.1) is 17.8 Å². The molecule has 1 aliphatic heterocycles. The van der Waals surface area contributed by atoms with Crippen LogP contribution in [0.3, 0.4) is 0 Å². The molecule has 2 N–H and O–H groups in total. The molecule has 0 spiro atoms. The summed E-state index contributed by atoms with van der Waals surface area (Å²) >= 11 is 0. The van der Waals surface area contributed by atoms with Crippen LogP contribution in [0.1, 0.15) is 31.7 Å². The summed E-state index contributed by atoms with van der Waals surface area (Å²) in [5, 5.41) is 11.6. The maximum absolute atomic E-state index is 12.2. The summed E-state index contributed by atoms with van der Waals surface area (Å²) in [6, 6.07) is 7.43. The second kappa shape index (κ2) is 7.70. The minimum atomic E-state index is -0.0272. The smallest absolute Gasteiger partial charge is 0.321 e. The summed E-state index contributed by atoms with van der Waals surface area (Å²) < 4.78 is 0. The number of nitrogens with one attached hydrogen (secondary N) is 1. The highest BCUT2D eigenvalue weighted by Gasteiger charge is 2.20. The Morgan fingerprint density at radius 1 is 1.43 bits per heavy atom. The first kappa shape index (κ1) is 15.4. The van der Waals surface area contributed by atoms with Crippen molar-refractivity contribution in [2.24, 2.45) is 5.92 Å². The van der Waals surface area contributed by atoms with Crippen molar-refractivity contribution in [1.29, 1.82) is 0 Å². The van der Waals surface area contributed by atoms with Gasteiger partial charge in [-0.2, -0.15) is 0 Å². The topological polar surface area (TPSA) is 52.6 Å². The predicted molar refractivity (Wildman–Crippen MR) is 84.0 cm³/mol. The van der Waals surface area contributed by atoms with Crippen LogP contribution in [-0.4, -0.2) is 35.7 Å². The molecule has 2 rings (SSSR count). The molecule has 21 heavy (non-hydrogen) atoms. The largest absolute Gasteiger partial charge is 0.395 e. The molecule has 1 unspecified atom stereocenters. The zero-order chi connectivity index (χ0) is 15.1. The van der Waals surface area contributed by atoms with Gasteiger partial charge < -0.3 is 15.3 Å². The standard InChI is InChI=1S/C17H22N2O2/c1-14-5-4-11-19(13-14)17(21)18-16-9-7-15(8-10-16)6-2-3-12-20/h7-10,14,20H,3-5,11-13H2,1H3,(H,18,21). The average molecular weight is 286 g/mol. The Bertz CT molecular complexity index is 528. The lowest BCUT2D eigenvalue weighted by Crippen LogP contribution is -2.41. The minimum Gasteiger partial charge on any atom is -0.395 e. The van der Waals surface area contributed by atoms with Gasteiger partial charge in [0.05, 0.1) is 6.61 Å². The predicted octanol–water partition coefficient (Wildman–Crippen LogP) is 2.68. The fourth-order valence-electron chi connectivity index (χ4n) is 2.43. The van der Waals surface area contributed by atoms with Crippen LogP contribution in [0.4, 0.5) is 10.5 Å². The van der Waals surface area contributed by atoms with Crippen LogP contribution in [0.2, 0.25) is 0 Å². The lowest BCUT2D eigenvalue weighted by molar-refractivity contribution is 0.182. The molecule has 0 saturated carbocycles. The van der Waals surface area contributed by atoms with E-state index in [1.165, 1.54) is 6.42 Å². The quantitative estimate of drug-likeness (QED) is 0.821. The number of hydrogen-bond donors (Lipinski definition) is 2. The molecule has 4 heteroatoms. The SMILES string of the molecule is CC1CCCN(C(=O)Nc2ccc(C#CCCO)cc2)C1. The van der Waals surface area contributed by atoms with Crippen molar-refractivity contribution in [3.05, 3.63) is 29.8 Å². The number of benzene rings is 1. The number of aliphatic hydroxyl groups is 1. The molecule has 2 amide bonds. The molecule has 1 aliphatic rings. The number of rotatable bonds is 2. The van der Waals surface area contributed by atoms with Crippen molar-refractivity contribution in [2.45, 2.75) is 26.2 Å². The number of aliphatic hydroxyl groups excluding tert-OH is 1. The van der Waals surface area contributed by atoms with Crippen molar-refractivity contribution >= 4 is 11.7 Å². The molecule has 1 saturated heterocycles. The molecule has 4 nitrogen and oxygen atoms in total. The molecule has 1 fully saturated rings. The van der Waals surface area contributed by atoms with Crippen molar-refractivity contribution in [1.82, 2.24) is 4.90 Å². The molecule has 0 aromatic heterocycles. The number of hydrogen-bond acceptors (Lipinski definition) is 2. The van der Waals surface area contributed by atoms with Gasteiger partial charge >= 0.3 is 6.03 Å². The van der Waals surface area contributed by atoms with Crippen LogP contribution in [0.5, 0.6) is 0 Å². The van der Waals surface area contributed by atoms with Crippen LogP contribution in [0.15, 0.2) is 24.3 Å². The monoisotopic (exact) mass is 286 g/mol. The van der Waals surface area contributed by atoms with Gasteiger partial charge in [-0.25, -0.2) is 4.79 Å². The van der Waals surface area contributed by atoms with Crippen LogP contribution >= 0.6 is 0 Å². The highest BCUT2D eigenvalue weighted by atomic mass is 16.2. The number of urea groups is 1. The van der Waals surface area contributed by atoms with E-state index in [0.29, 0.717) is 12.3 Å². The Morgan fingerprint density at radius 2 is 2.19 bits per heavy atom. The van der Waals surface area contributed by atoms with E-state index in [1.54, 1.807) is 0 Å². The second-order valence-corrected chi connectivity index (χ2v) is 5.48. The molecular weight excluding hydrogens is 264 g/mol. The first-order valence-electron chi connectivity index (χ1n) is 7.45. The van der Waals surface area contributed by atoms with Crippen molar-refractivity contribution < 1.29 is 9.90 Å². The van der Waals surface area contributed by atoms with E-state index >= 15 is 0 Å². The zero-order valence-corrected chi connectivity index (χ0v) is 12.4. The van der Waals surface area contributed by atoms with Gasteiger partial charge in [0.25, 0.3) is 0 Å². The molecule has 0 bridgehead atoms. The maximum atomic E-state index is 12.2. The summed E-state index contributed by atoms with van der Waals surface area (Å²) in [5.74, 6) is 6.41. The Hall–Kier alpha value is -1.99. The van der Waals surface area contributed by atoms with E-state index in [0.717, 1.165) is 30.8 Å². The molecule has 112 valence electrons. The Morgan fingerprint density at radius 3 is 2.86 bits per heavy atom. The van der Waals surface area contributed by atoms with Gasteiger partial charge in [0.2, 0.25) is 0 Å². The molecule has 1 atom stereocenters. The molecule has 1 heterocycles. The lowest BCUT2D eigenvalue weighted by Gasteiger charge is -2.30. The van der Waals surface area contributed by atoms with Gasteiger partial charge in [-0.05, 0) is 43.0 Å². The summed E-state index contributed by atoms with van der Waals surface area (Å²) in [7, 11) is 0. The average Bonchev–Trinajstić information content (AvgIpc) is 2.49. The van der Waals surface area contributed by atoms with Gasteiger partial charge in [-0.1, -0.05) is 18.8 Å². The highest BCUT2D eigenvalue weighted by Crippen LogP contribution is 2.17. The third-order valence-corrected chi connectivity index (χ3v) is 3.55. The highest BCUT2D eigenvalue weighted by molar-refractivity contribution is 5.89. The molecule has 0 radical (unpaired) electrons. The maximum Gasteiger partial charge on any atom is 0.321 e. The number of anilines is 1. The zero-order valence-electron chi connectivity index (χ0n) is 12.4. The minimum absolute atomic E-state index is 0.0272. The van der Waals surface area contributed by atoms with E-state index in [4.69, 9.17) is 5.11 Å². The van der Waals surface area contributed by atoms with E-state index < -0.39 is 0 Å². The first-order valence-corrected chi connectivity index (χ1v) is 7.45. The van der Waals surface area contributed by atoms with Crippen molar-refractivity contribution in [2.75, 3.05) is 25.0 Å². The Kier molecular flexibility index (Phi) is 5.65. The fourth-order valence-corrected chi connectivity index (χ4v) is 2.43. The second-order valence-electron chi connectivity index (χ2n) is 5.48. The van der Waals surface area contributed by atoms with E-state index in [1.807, 2.05) is 29.2 Å². The summed E-state index contributed by atoms with van der Waals surface area (Å²) in [4.78, 5) is 14.0. The van der Waals surface area contributed by atoms with Gasteiger partial charge in [0.1, 0.15) is 0 Å². The van der Waals surface area contributed by atoms with E-state index in [2.05, 4.69) is 24.1 Å². The number of likely N-dealkylation sites (tertiary alicyclic amines) is 1. The van der Waals surface area contributed by atoms with Crippen LogP contribution < -0.4 is 5.32 Å². The normalized spacial score (nSPS) is 17.8. The first-order chi connectivity index (χ1) is 10.2. The van der Waals surface area contributed by atoms with E-state index in [9.17, 15) is 4.79 Å². The molecule has 0 aliphatic carbocycles. The summed E-state index contributed by atoms with van der Waals surface area (Å²) in [6.07, 6.45) is 2.75. The fraction of sp³-hybridized carbons (Fsp3) is 0.471. The number of amides is 2. The van der Waals surface area contributed by atoms with Crippen LogP contribution in [-0.2, 0) is 0 Å². The van der Waals surface area contributed by atoms with Gasteiger partial charge in [0, 0.05) is 30.8 Å². The van der Waals surface area contributed by atoms with Gasteiger partial charge in [-0.15, -0.1) is 0 Å². The number of carbonyl (C=O) groups excluding carboxylic acids is 1. The van der Waals surface area contributed by atoms with Gasteiger partial charge in [0.15, 0.2) is 0 Å².